The highest BCUT2D eigenvalue weighted by molar-refractivity contribution is 7.98. The maximum Gasteiger partial charge on any atom is 0.113 e. The van der Waals surface area contributed by atoms with Gasteiger partial charge in [0.05, 0.1) is 10.9 Å². The van der Waals surface area contributed by atoms with Crippen LogP contribution in [0.25, 0.3) is 11.0 Å². The van der Waals surface area contributed by atoms with E-state index in [0.717, 1.165) is 17.5 Å². The van der Waals surface area contributed by atoms with E-state index in [9.17, 15) is 0 Å². The first-order chi connectivity index (χ1) is 6.86. The molecule has 4 heteroatoms. The van der Waals surface area contributed by atoms with Crippen molar-refractivity contribution in [3.63, 3.8) is 0 Å². The Bertz CT molecular complexity index is 420. The Kier molecular flexibility index (Phi) is 2.72. The number of hydrogen-bond donors (Lipinski definition) is 0. The zero-order chi connectivity index (χ0) is 9.97. The molecule has 1 aromatic heterocycles. The molecule has 1 aromatic carbocycles. The van der Waals surface area contributed by atoms with E-state index in [1.165, 1.54) is 0 Å². The maximum atomic E-state index is 4.18. The topological polar surface area (TPSA) is 30.7 Å². The Morgan fingerprint density at radius 2 is 2.21 bits per heavy atom. The molecule has 2 aromatic rings. The van der Waals surface area contributed by atoms with Crippen molar-refractivity contribution in [2.45, 2.75) is 18.7 Å². The molecule has 0 aliphatic heterocycles. The number of aromatic nitrogens is 3. The molecular formula is C10H13N3S. The molecule has 74 valence electrons. The van der Waals surface area contributed by atoms with Gasteiger partial charge in [-0.15, -0.1) is 16.9 Å². The van der Waals surface area contributed by atoms with Gasteiger partial charge in [0.1, 0.15) is 5.52 Å². The van der Waals surface area contributed by atoms with Gasteiger partial charge in [0, 0.05) is 0 Å². The molecule has 3 nitrogen and oxygen atoms in total. The van der Waals surface area contributed by atoms with Gasteiger partial charge in [-0.3, -0.25) is 0 Å². The summed E-state index contributed by atoms with van der Waals surface area (Å²) < 4.78 is 2.00. The average Bonchev–Trinajstić information content (AvgIpc) is 2.65. The van der Waals surface area contributed by atoms with E-state index in [1.54, 1.807) is 11.8 Å². The molecule has 0 N–H and O–H groups in total. The first kappa shape index (κ1) is 9.52. The third-order valence-electron chi connectivity index (χ3n) is 2.27. The van der Waals surface area contributed by atoms with E-state index in [4.69, 9.17) is 0 Å². The van der Waals surface area contributed by atoms with Gasteiger partial charge >= 0.3 is 0 Å². The fourth-order valence-electron chi connectivity index (χ4n) is 1.54. The number of para-hydroxylation sites is 1. The minimum atomic E-state index is 0.391. The zero-order valence-electron chi connectivity index (χ0n) is 8.34. The first-order valence-electron chi connectivity index (χ1n) is 4.69. The predicted octanol–water partition coefficient (Wildman–Crippen LogP) is 2.70. The van der Waals surface area contributed by atoms with Crippen LogP contribution in [0, 0.1) is 0 Å². The van der Waals surface area contributed by atoms with Crippen molar-refractivity contribution in [3.8, 4) is 0 Å². The lowest BCUT2D eigenvalue weighted by molar-refractivity contribution is 0.581. The summed E-state index contributed by atoms with van der Waals surface area (Å²) in [7, 11) is 0. The molecule has 0 spiro atoms. The molecule has 0 fully saturated rings. The highest BCUT2D eigenvalue weighted by Crippen LogP contribution is 2.25. The molecule has 2 rings (SSSR count). The zero-order valence-corrected chi connectivity index (χ0v) is 9.16. The van der Waals surface area contributed by atoms with E-state index >= 15 is 0 Å². The molecule has 1 atom stereocenters. The minimum Gasteiger partial charge on any atom is -0.232 e. The molecule has 1 heterocycles. The van der Waals surface area contributed by atoms with Crippen molar-refractivity contribution in [3.05, 3.63) is 24.3 Å². The minimum absolute atomic E-state index is 0.391. The van der Waals surface area contributed by atoms with Crippen LogP contribution in [0.5, 0.6) is 0 Å². The number of hydrogen-bond acceptors (Lipinski definition) is 3. The first-order valence-corrected chi connectivity index (χ1v) is 5.98. The van der Waals surface area contributed by atoms with E-state index < -0.39 is 0 Å². The van der Waals surface area contributed by atoms with Gasteiger partial charge in [0.2, 0.25) is 0 Å². The smallest absolute Gasteiger partial charge is 0.113 e. The van der Waals surface area contributed by atoms with Crippen molar-refractivity contribution in [2.24, 2.45) is 0 Å². The molecule has 0 saturated carbocycles. The van der Waals surface area contributed by atoms with E-state index in [2.05, 4.69) is 29.6 Å². The van der Waals surface area contributed by atoms with Gasteiger partial charge < -0.3 is 0 Å². The Balaban J connectivity index is 2.51. The molecule has 14 heavy (non-hydrogen) atoms. The van der Waals surface area contributed by atoms with E-state index in [-0.39, 0.29) is 0 Å². The summed E-state index contributed by atoms with van der Waals surface area (Å²) in [5.74, 6) is 0. The van der Waals surface area contributed by atoms with E-state index in [1.807, 2.05) is 22.9 Å². The number of fused-ring (bicyclic) bond motifs is 1. The summed E-state index contributed by atoms with van der Waals surface area (Å²) in [5.41, 5.74) is 2.09. The molecule has 1 unspecified atom stereocenters. The Hall–Kier alpha value is -1.03. The Labute approximate surface area is 87.5 Å². The molecule has 0 amide bonds. The molecular weight excluding hydrogens is 194 g/mol. The molecule has 0 aliphatic rings. The highest BCUT2D eigenvalue weighted by Gasteiger charge is 2.11. The summed E-state index contributed by atoms with van der Waals surface area (Å²) in [6.07, 6.45) is 3.17. The number of nitrogens with zero attached hydrogens (tertiary/aromatic N) is 3. The van der Waals surface area contributed by atoms with Gasteiger partial charge in [0.25, 0.3) is 0 Å². The van der Waals surface area contributed by atoms with Crippen LogP contribution in [0.3, 0.4) is 0 Å². The third-order valence-corrected chi connectivity index (χ3v) is 3.35. The van der Waals surface area contributed by atoms with Crippen molar-refractivity contribution >= 4 is 22.8 Å². The van der Waals surface area contributed by atoms with Gasteiger partial charge in [-0.1, -0.05) is 24.3 Å². The van der Waals surface area contributed by atoms with Crippen molar-refractivity contribution in [2.75, 3.05) is 6.26 Å². The summed E-state index contributed by atoms with van der Waals surface area (Å²) in [4.78, 5) is 0. The van der Waals surface area contributed by atoms with Crippen LogP contribution in [-0.2, 0) is 0 Å². The number of benzene rings is 1. The van der Waals surface area contributed by atoms with Crippen molar-refractivity contribution in [1.82, 2.24) is 15.0 Å². The molecule has 0 saturated heterocycles. The fraction of sp³-hybridized carbons (Fsp3) is 0.400. The predicted molar refractivity (Wildman–Crippen MR) is 60.4 cm³/mol. The molecule has 0 bridgehead atoms. The van der Waals surface area contributed by atoms with Gasteiger partial charge in [-0.05, 0) is 24.8 Å². The van der Waals surface area contributed by atoms with Crippen LogP contribution < -0.4 is 0 Å². The molecule has 0 aliphatic carbocycles. The normalized spacial score (nSPS) is 13.3. The lowest BCUT2D eigenvalue weighted by Crippen LogP contribution is -2.05. The van der Waals surface area contributed by atoms with Crippen LogP contribution in [0.2, 0.25) is 0 Å². The Morgan fingerprint density at radius 1 is 1.43 bits per heavy atom. The van der Waals surface area contributed by atoms with Gasteiger partial charge in [-0.25, -0.2) is 4.68 Å². The third kappa shape index (κ3) is 1.50. The van der Waals surface area contributed by atoms with Crippen LogP contribution >= 0.6 is 11.8 Å². The second-order valence-corrected chi connectivity index (χ2v) is 4.14. The number of rotatable bonds is 3. The van der Waals surface area contributed by atoms with Crippen LogP contribution in [0.15, 0.2) is 24.3 Å². The standard InChI is InChI=1S/C10H13N3S/c1-3-10(14-2)13-9-7-5-4-6-8(9)11-12-13/h4-7,10H,3H2,1-2H3. The second-order valence-electron chi connectivity index (χ2n) is 3.12. The second kappa shape index (κ2) is 4.00. The molecule has 0 radical (unpaired) electrons. The van der Waals surface area contributed by atoms with Gasteiger partial charge in [-0.2, -0.15) is 0 Å². The lowest BCUT2D eigenvalue weighted by Gasteiger charge is -2.12. The van der Waals surface area contributed by atoms with Gasteiger partial charge in [0.15, 0.2) is 0 Å². The summed E-state index contributed by atoms with van der Waals surface area (Å²) in [5, 5.41) is 8.71. The van der Waals surface area contributed by atoms with Crippen LogP contribution in [0.4, 0.5) is 0 Å². The summed E-state index contributed by atoms with van der Waals surface area (Å²) in [6.45, 7) is 2.16. The average molecular weight is 207 g/mol. The quantitative estimate of drug-likeness (QED) is 0.775. The van der Waals surface area contributed by atoms with Crippen LogP contribution in [-0.4, -0.2) is 21.2 Å². The van der Waals surface area contributed by atoms with Crippen LogP contribution in [0.1, 0.15) is 18.7 Å². The monoisotopic (exact) mass is 207 g/mol. The largest absolute Gasteiger partial charge is 0.232 e. The van der Waals surface area contributed by atoms with Crippen molar-refractivity contribution < 1.29 is 0 Å². The SMILES string of the molecule is CCC(SC)n1nnc2ccccc21. The highest BCUT2D eigenvalue weighted by atomic mass is 32.2. The van der Waals surface area contributed by atoms with E-state index in [0.29, 0.717) is 5.37 Å². The van der Waals surface area contributed by atoms with Crippen molar-refractivity contribution in [1.29, 1.82) is 0 Å². The number of thioether (sulfide) groups is 1. The fourth-order valence-corrected chi connectivity index (χ4v) is 2.23. The Morgan fingerprint density at radius 3 is 2.93 bits per heavy atom. The summed E-state index contributed by atoms with van der Waals surface area (Å²) in [6, 6.07) is 8.07. The lowest BCUT2D eigenvalue weighted by atomic mass is 10.3. The maximum absolute atomic E-state index is 4.18. The summed E-state index contributed by atoms with van der Waals surface area (Å²) >= 11 is 1.80.